The highest BCUT2D eigenvalue weighted by Gasteiger charge is 2.21. The number of rotatable bonds is 2. The number of hydrogen-bond donors (Lipinski definition) is 0. The molecule has 1 heteroatoms. The molecule has 0 unspecified atom stereocenters. The Labute approximate surface area is 164 Å². The van der Waals surface area contributed by atoms with Crippen LogP contribution in [0.4, 0.5) is 0 Å². The molecule has 3 aromatic rings. The standard InChI is InChI=1S/C26H33N/c1-13-14(2)18(6)24(19(7)15(13)3)22(10)23-12-27(11)26-21(9)17(5)16(4)20(8)25(23)26/h12H,10H2,1-9,11H3. The molecule has 0 bridgehead atoms. The van der Waals surface area contributed by atoms with Crippen LogP contribution in [0.2, 0.25) is 0 Å². The van der Waals surface area contributed by atoms with Gasteiger partial charge in [0.25, 0.3) is 0 Å². The minimum absolute atomic E-state index is 1.15. The van der Waals surface area contributed by atoms with E-state index in [-0.39, 0.29) is 0 Å². The summed E-state index contributed by atoms with van der Waals surface area (Å²) >= 11 is 0. The summed E-state index contributed by atoms with van der Waals surface area (Å²) in [5, 5.41) is 1.36. The highest BCUT2D eigenvalue weighted by molar-refractivity contribution is 6.01. The van der Waals surface area contributed by atoms with E-state index >= 15 is 0 Å². The second kappa shape index (κ2) is 6.41. The maximum atomic E-state index is 4.60. The molecule has 1 heterocycles. The van der Waals surface area contributed by atoms with E-state index in [2.05, 4.69) is 86.7 Å². The Bertz CT molecular complexity index is 1090. The van der Waals surface area contributed by atoms with E-state index in [0.717, 1.165) is 5.57 Å². The van der Waals surface area contributed by atoms with Crippen LogP contribution in [0.5, 0.6) is 0 Å². The van der Waals surface area contributed by atoms with Gasteiger partial charge in [-0.1, -0.05) is 6.58 Å². The number of aryl methyl sites for hydroxylation is 3. The van der Waals surface area contributed by atoms with Crippen molar-refractivity contribution in [3.05, 3.63) is 74.0 Å². The Hall–Kier alpha value is -2.28. The number of benzene rings is 2. The van der Waals surface area contributed by atoms with E-state index in [1.807, 2.05) is 0 Å². The molecule has 0 amide bonds. The Balaban J connectivity index is 2.41. The molecule has 0 spiro atoms. The van der Waals surface area contributed by atoms with Crippen LogP contribution in [0, 0.1) is 62.3 Å². The molecular weight excluding hydrogens is 326 g/mol. The first-order valence-electron chi connectivity index (χ1n) is 9.82. The molecule has 1 nitrogen and oxygen atoms in total. The molecule has 0 aliphatic rings. The second-order valence-corrected chi connectivity index (χ2v) is 8.36. The summed E-state index contributed by atoms with van der Waals surface area (Å²) in [6.45, 7) is 24.8. The minimum Gasteiger partial charge on any atom is -0.350 e. The number of fused-ring (bicyclic) bond motifs is 1. The zero-order chi connectivity index (χ0) is 20.4. The van der Waals surface area contributed by atoms with Gasteiger partial charge in [0.2, 0.25) is 0 Å². The SMILES string of the molecule is C=C(c1c(C)c(C)c(C)c(C)c1C)c1cn(C)c2c(C)c(C)c(C)c(C)c12. The van der Waals surface area contributed by atoms with Gasteiger partial charge >= 0.3 is 0 Å². The largest absolute Gasteiger partial charge is 0.350 e. The van der Waals surface area contributed by atoms with Gasteiger partial charge in [-0.25, -0.2) is 0 Å². The summed E-state index contributed by atoms with van der Waals surface area (Å²) in [6.07, 6.45) is 2.27. The molecule has 0 radical (unpaired) electrons. The van der Waals surface area contributed by atoms with Crippen LogP contribution in [-0.2, 0) is 7.05 Å². The van der Waals surface area contributed by atoms with E-state index < -0.39 is 0 Å². The van der Waals surface area contributed by atoms with Crippen molar-refractivity contribution in [3.63, 3.8) is 0 Å². The number of hydrogen-bond acceptors (Lipinski definition) is 0. The summed E-state index contributed by atoms with van der Waals surface area (Å²) in [5.41, 5.74) is 17.5. The summed E-state index contributed by atoms with van der Waals surface area (Å²) < 4.78 is 2.28. The summed E-state index contributed by atoms with van der Waals surface area (Å²) in [5.74, 6) is 0. The summed E-state index contributed by atoms with van der Waals surface area (Å²) in [7, 11) is 2.16. The molecule has 3 rings (SSSR count). The quantitative estimate of drug-likeness (QED) is 0.463. The van der Waals surface area contributed by atoms with Crippen molar-refractivity contribution >= 4 is 16.5 Å². The Morgan fingerprint density at radius 3 is 1.56 bits per heavy atom. The number of aromatic nitrogens is 1. The smallest absolute Gasteiger partial charge is 0.0519 e. The van der Waals surface area contributed by atoms with Crippen molar-refractivity contribution < 1.29 is 0 Å². The average Bonchev–Trinajstić information content (AvgIpc) is 2.98. The van der Waals surface area contributed by atoms with Crippen molar-refractivity contribution in [2.45, 2.75) is 62.3 Å². The lowest BCUT2D eigenvalue weighted by Crippen LogP contribution is -2.03. The molecule has 0 aliphatic carbocycles. The molecule has 27 heavy (non-hydrogen) atoms. The van der Waals surface area contributed by atoms with E-state index in [4.69, 9.17) is 0 Å². The van der Waals surface area contributed by atoms with Crippen LogP contribution in [0.1, 0.15) is 61.2 Å². The fourth-order valence-electron chi connectivity index (χ4n) is 4.70. The van der Waals surface area contributed by atoms with Crippen molar-refractivity contribution in [2.75, 3.05) is 0 Å². The normalized spacial score (nSPS) is 11.5. The van der Waals surface area contributed by atoms with Crippen LogP contribution < -0.4 is 0 Å². The van der Waals surface area contributed by atoms with Gasteiger partial charge in [0.05, 0.1) is 5.52 Å². The van der Waals surface area contributed by atoms with Gasteiger partial charge in [0, 0.05) is 24.2 Å². The Morgan fingerprint density at radius 2 is 1.04 bits per heavy atom. The predicted octanol–water partition coefficient (Wildman–Crippen LogP) is 7.02. The molecular formula is C26H33N. The van der Waals surface area contributed by atoms with Crippen LogP contribution in [0.15, 0.2) is 12.8 Å². The molecule has 0 saturated carbocycles. The van der Waals surface area contributed by atoms with Crippen LogP contribution in [-0.4, -0.2) is 4.57 Å². The highest BCUT2D eigenvalue weighted by Crippen LogP contribution is 2.40. The maximum Gasteiger partial charge on any atom is 0.0519 e. The van der Waals surface area contributed by atoms with Gasteiger partial charge in [0.1, 0.15) is 0 Å². The van der Waals surface area contributed by atoms with E-state index in [0.29, 0.717) is 0 Å². The van der Waals surface area contributed by atoms with Gasteiger partial charge in [0.15, 0.2) is 0 Å². The third-order valence-corrected chi connectivity index (χ3v) is 7.23. The lowest BCUT2D eigenvalue weighted by Gasteiger charge is -2.21. The van der Waals surface area contributed by atoms with Crippen molar-refractivity contribution in [1.29, 1.82) is 0 Å². The van der Waals surface area contributed by atoms with Crippen molar-refractivity contribution in [2.24, 2.45) is 7.05 Å². The molecule has 1 aromatic heterocycles. The summed E-state index contributed by atoms with van der Waals surface area (Å²) in [4.78, 5) is 0. The lowest BCUT2D eigenvalue weighted by molar-refractivity contribution is 0.959. The van der Waals surface area contributed by atoms with Crippen LogP contribution in [0.3, 0.4) is 0 Å². The first kappa shape index (κ1) is 19.5. The Kier molecular flexibility index (Phi) is 4.62. The van der Waals surface area contributed by atoms with Gasteiger partial charge < -0.3 is 4.57 Å². The lowest BCUT2D eigenvalue weighted by atomic mass is 9.83. The fraction of sp³-hybridized carbons (Fsp3) is 0.385. The van der Waals surface area contributed by atoms with Gasteiger partial charge in [-0.05, 0) is 124 Å². The fourth-order valence-corrected chi connectivity index (χ4v) is 4.70. The van der Waals surface area contributed by atoms with Crippen LogP contribution in [0.25, 0.3) is 16.5 Å². The molecule has 0 atom stereocenters. The first-order chi connectivity index (χ1) is 12.5. The third kappa shape index (κ3) is 2.59. The molecule has 0 aliphatic heterocycles. The van der Waals surface area contributed by atoms with Gasteiger partial charge in [-0.2, -0.15) is 0 Å². The predicted molar refractivity (Wildman–Crippen MR) is 120 cm³/mol. The molecule has 0 fully saturated rings. The van der Waals surface area contributed by atoms with Crippen molar-refractivity contribution in [3.8, 4) is 0 Å². The zero-order valence-corrected chi connectivity index (χ0v) is 18.7. The summed E-state index contributed by atoms with van der Waals surface area (Å²) in [6, 6.07) is 0. The van der Waals surface area contributed by atoms with E-state index in [9.17, 15) is 0 Å². The maximum absolute atomic E-state index is 4.60. The van der Waals surface area contributed by atoms with E-state index in [1.54, 1.807) is 0 Å². The van der Waals surface area contributed by atoms with Crippen molar-refractivity contribution in [1.82, 2.24) is 4.57 Å². The molecule has 2 aromatic carbocycles. The number of nitrogens with zero attached hydrogens (tertiary/aromatic N) is 1. The topological polar surface area (TPSA) is 4.93 Å². The minimum atomic E-state index is 1.15. The van der Waals surface area contributed by atoms with Gasteiger partial charge in [-0.3, -0.25) is 0 Å². The zero-order valence-electron chi connectivity index (χ0n) is 18.7. The Morgan fingerprint density at radius 1 is 0.630 bits per heavy atom. The molecule has 0 N–H and O–H groups in total. The monoisotopic (exact) mass is 359 g/mol. The first-order valence-corrected chi connectivity index (χ1v) is 9.82. The second-order valence-electron chi connectivity index (χ2n) is 8.36. The molecule has 0 saturated heterocycles. The van der Waals surface area contributed by atoms with Crippen LogP contribution >= 0.6 is 0 Å². The molecule has 142 valence electrons. The third-order valence-electron chi connectivity index (χ3n) is 7.23. The highest BCUT2D eigenvalue weighted by atomic mass is 14.9. The van der Waals surface area contributed by atoms with E-state index in [1.165, 1.54) is 72.1 Å². The van der Waals surface area contributed by atoms with Gasteiger partial charge in [-0.15, -0.1) is 0 Å². The average molecular weight is 360 g/mol.